The Bertz CT molecular complexity index is 731. The second-order valence-electron chi connectivity index (χ2n) is 4.43. The van der Waals surface area contributed by atoms with Crippen LogP contribution in [0.25, 0.3) is 22.0 Å². The second-order valence-corrected chi connectivity index (χ2v) is 4.43. The molecule has 4 nitrogen and oxygen atoms in total. The Morgan fingerprint density at radius 3 is 2.67 bits per heavy atom. The number of nitrogens with zero attached hydrogens (tertiary/aromatic N) is 2. The van der Waals surface area contributed by atoms with E-state index in [2.05, 4.69) is 23.1 Å². The molecule has 3 rings (SSSR count). The van der Waals surface area contributed by atoms with E-state index in [1.807, 2.05) is 25.1 Å². The largest absolute Gasteiger partial charge is 0.383 e. The van der Waals surface area contributed by atoms with Gasteiger partial charge in [-0.3, -0.25) is 0 Å². The van der Waals surface area contributed by atoms with Crippen molar-refractivity contribution in [3.63, 3.8) is 0 Å². The van der Waals surface area contributed by atoms with Crippen LogP contribution in [0.1, 0.15) is 11.3 Å². The van der Waals surface area contributed by atoms with Gasteiger partial charge in [-0.2, -0.15) is 0 Å². The van der Waals surface area contributed by atoms with Crippen LogP contribution < -0.4 is 5.73 Å². The van der Waals surface area contributed by atoms with Crippen molar-refractivity contribution < 1.29 is 4.52 Å². The molecule has 0 saturated carbocycles. The monoisotopic (exact) mass is 239 g/mol. The molecule has 0 aliphatic rings. The quantitative estimate of drug-likeness (QED) is 0.708. The van der Waals surface area contributed by atoms with Crippen molar-refractivity contribution in [3.8, 4) is 11.1 Å². The molecule has 2 heterocycles. The summed E-state index contributed by atoms with van der Waals surface area (Å²) >= 11 is 0. The maximum absolute atomic E-state index is 6.00. The molecular weight excluding hydrogens is 226 g/mol. The van der Waals surface area contributed by atoms with Gasteiger partial charge in [0.1, 0.15) is 12.1 Å². The summed E-state index contributed by atoms with van der Waals surface area (Å²) in [4.78, 5) is 4.42. The Kier molecular flexibility index (Phi) is 2.30. The van der Waals surface area contributed by atoms with Gasteiger partial charge in [0, 0.05) is 16.5 Å². The van der Waals surface area contributed by atoms with Crippen molar-refractivity contribution in [3.05, 3.63) is 41.8 Å². The lowest BCUT2D eigenvalue weighted by Gasteiger charge is -2.06. The van der Waals surface area contributed by atoms with E-state index in [0.29, 0.717) is 5.82 Å². The molecule has 4 heteroatoms. The molecule has 0 saturated heterocycles. The molecule has 0 radical (unpaired) electrons. The number of rotatable bonds is 1. The lowest BCUT2D eigenvalue weighted by molar-refractivity contribution is 0.415. The first-order valence-electron chi connectivity index (χ1n) is 5.73. The van der Waals surface area contributed by atoms with Crippen LogP contribution in [-0.2, 0) is 0 Å². The van der Waals surface area contributed by atoms with Crippen LogP contribution in [0.15, 0.2) is 35.1 Å². The fraction of sp³-hybridized carbons (Fsp3) is 0.143. The zero-order valence-corrected chi connectivity index (χ0v) is 10.3. The highest BCUT2D eigenvalue weighted by molar-refractivity contribution is 5.89. The molecule has 0 spiro atoms. The zero-order chi connectivity index (χ0) is 12.7. The summed E-state index contributed by atoms with van der Waals surface area (Å²) in [7, 11) is 0. The van der Waals surface area contributed by atoms with E-state index in [9.17, 15) is 0 Å². The molecule has 0 atom stereocenters. The van der Waals surface area contributed by atoms with Crippen LogP contribution in [0.5, 0.6) is 0 Å². The van der Waals surface area contributed by atoms with Crippen LogP contribution >= 0.6 is 0 Å². The van der Waals surface area contributed by atoms with Crippen LogP contribution in [0.3, 0.4) is 0 Å². The Morgan fingerprint density at radius 2 is 1.94 bits per heavy atom. The topological polar surface area (TPSA) is 64.9 Å². The molecule has 0 unspecified atom stereocenters. The van der Waals surface area contributed by atoms with Crippen molar-refractivity contribution in [2.45, 2.75) is 13.8 Å². The van der Waals surface area contributed by atoms with Crippen molar-refractivity contribution in [2.24, 2.45) is 0 Å². The second kappa shape index (κ2) is 3.84. The number of pyridine rings is 1. The molecule has 2 aromatic heterocycles. The molecule has 3 aromatic rings. The zero-order valence-electron chi connectivity index (χ0n) is 10.3. The summed E-state index contributed by atoms with van der Waals surface area (Å²) in [5.74, 6) is 0.498. The van der Waals surface area contributed by atoms with Gasteiger partial charge < -0.3 is 10.3 Å². The highest BCUT2D eigenvalue weighted by atomic mass is 16.5. The maximum atomic E-state index is 6.00. The Labute approximate surface area is 104 Å². The number of anilines is 1. The van der Waals surface area contributed by atoms with E-state index in [0.717, 1.165) is 27.7 Å². The van der Waals surface area contributed by atoms with E-state index in [-0.39, 0.29) is 0 Å². The molecule has 18 heavy (non-hydrogen) atoms. The number of benzene rings is 1. The molecule has 90 valence electrons. The van der Waals surface area contributed by atoms with Gasteiger partial charge in [0.15, 0.2) is 0 Å². The van der Waals surface area contributed by atoms with E-state index >= 15 is 0 Å². The average molecular weight is 239 g/mol. The third-order valence-corrected chi connectivity index (χ3v) is 3.04. The Hall–Kier alpha value is -2.36. The van der Waals surface area contributed by atoms with Crippen LogP contribution in [0.2, 0.25) is 0 Å². The lowest BCUT2D eigenvalue weighted by Crippen LogP contribution is -1.95. The van der Waals surface area contributed by atoms with Gasteiger partial charge in [-0.15, -0.1) is 0 Å². The number of aryl methyl sites for hydroxylation is 2. The Morgan fingerprint density at radius 1 is 1.11 bits per heavy atom. The Balaban J connectivity index is 2.30. The molecule has 2 N–H and O–H groups in total. The minimum absolute atomic E-state index is 0.498. The molecule has 0 aliphatic heterocycles. The van der Waals surface area contributed by atoms with Gasteiger partial charge in [0.05, 0.1) is 11.2 Å². The van der Waals surface area contributed by atoms with Crippen molar-refractivity contribution >= 4 is 16.7 Å². The summed E-state index contributed by atoms with van der Waals surface area (Å²) in [5, 5.41) is 4.94. The normalized spacial score (nSPS) is 11.0. The van der Waals surface area contributed by atoms with Crippen LogP contribution in [-0.4, -0.2) is 10.1 Å². The van der Waals surface area contributed by atoms with Gasteiger partial charge in [-0.05, 0) is 32.0 Å². The predicted octanol–water partition coefficient (Wildman–Crippen LogP) is 3.09. The average Bonchev–Trinajstić information content (AvgIpc) is 2.75. The van der Waals surface area contributed by atoms with Gasteiger partial charge in [0.2, 0.25) is 0 Å². The van der Waals surface area contributed by atoms with E-state index in [1.165, 1.54) is 5.56 Å². The van der Waals surface area contributed by atoms with Crippen LogP contribution in [0, 0.1) is 13.8 Å². The van der Waals surface area contributed by atoms with E-state index < -0.39 is 0 Å². The third-order valence-electron chi connectivity index (χ3n) is 3.04. The molecule has 0 fully saturated rings. The predicted molar refractivity (Wildman–Crippen MR) is 71.1 cm³/mol. The third kappa shape index (κ3) is 1.62. The SMILES string of the molecule is Cc1ccc2nc(N)c(-c3conc3C)cc2c1. The minimum Gasteiger partial charge on any atom is -0.383 e. The first-order chi connectivity index (χ1) is 8.65. The van der Waals surface area contributed by atoms with Crippen molar-refractivity contribution in [1.29, 1.82) is 0 Å². The fourth-order valence-electron chi connectivity index (χ4n) is 2.08. The number of aromatic nitrogens is 2. The smallest absolute Gasteiger partial charge is 0.132 e. The number of hydrogen-bond donors (Lipinski definition) is 1. The fourth-order valence-corrected chi connectivity index (χ4v) is 2.08. The molecule has 0 amide bonds. The molecule has 0 bridgehead atoms. The van der Waals surface area contributed by atoms with Crippen LogP contribution in [0.4, 0.5) is 5.82 Å². The number of nitrogen functional groups attached to an aromatic ring is 1. The molecular formula is C14H13N3O. The van der Waals surface area contributed by atoms with Crippen molar-refractivity contribution in [1.82, 2.24) is 10.1 Å². The summed E-state index contributed by atoms with van der Waals surface area (Å²) in [6.45, 7) is 3.94. The first-order valence-corrected chi connectivity index (χ1v) is 5.73. The van der Waals surface area contributed by atoms with E-state index in [4.69, 9.17) is 10.3 Å². The van der Waals surface area contributed by atoms with Crippen molar-refractivity contribution in [2.75, 3.05) is 5.73 Å². The maximum Gasteiger partial charge on any atom is 0.132 e. The van der Waals surface area contributed by atoms with Gasteiger partial charge in [0.25, 0.3) is 0 Å². The molecule has 0 aliphatic carbocycles. The number of hydrogen-bond acceptors (Lipinski definition) is 4. The lowest BCUT2D eigenvalue weighted by atomic mass is 10.0. The highest BCUT2D eigenvalue weighted by Gasteiger charge is 2.11. The summed E-state index contributed by atoms with van der Waals surface area (Å²) in [6.07, 6.45) is 1.60. The first kappa shape index (κ1) is 10.8. The van der Waals surface area contributed by atoms with Gasteiger partial charge in [-0.25, -0.2) is 4.98 Å². The minimum atomic E-state index is 0.498. The number of fused-ring (bicyclic) bond motifs is 1. The van der Waals surface area contributed by atoms with Gasteiger partial charge >= 0.3 is 0 Å². The summed E-state index contributed by atoms with van der Waals surface area (Å²) < 4.78 is 4.96. The summed E-state index contributed by atoms with van der Waals surface area (Å²) in [5.41, 5.74) is 10.7. The molecule has 1 aromatic carbocycles. The summed E-state index contributed by atoms with van der Waals surface area (Å²) in [6, 6.07) is 8.13. The standard InChI is InChI=1S/C14H13N3O/c1-8-3-4-13-10(5-8)6-11(14(15)16-13)12-7-18-17-9(12)2/h3-7H,1-2H3,(H2,15,16). The van der Waals surface area contributed by atoms with E-state index in [1.54, 1.807) is 6.26 Å². The highest BCUT2D eigenvalue weighted by Crippen LogP contribution is 2.30. The number of nitrogens with two attached hydrogens (primary N) is 1. The van der Waals surface area contributed by atoms with Gasteiger partial charge in [-0.1, -0.05) is 16.8 Å².